The number of hydrogen-bond acceptors (Lipinski definition) is 6. The molecule has 0 aliphatic heterocycles. The molecule has 7 heteroatoms. The summed E-state index contributed by atoms with van der Waals surface area (Å²) in [6.45, 7) is 8.53. The summed E-state index contributed by atoms with van der Waals surface area (Å²) in [4.78, 5) is 27.0. The number of ketones is 1. The molecule has 0 heterocycles. The fraction of sp³-hybridized carbons (Fsp3) is 0.708. The van der Waals surface area contributed by atoms with Crippen LogP contribution in [0.2, 0.25) is 0 Å². The van der Waals surface area contributed by atoms with Crippen LogP contribution in [0.5, 0.6) is 11.5 Å². The zero-order valence-corrected chi connectivity index (χ0v) is 19.0. The van der Waals surface area contributed by atoms with Crippen molar-refractivity contribution in [3.8, 4) is 11.5 Å². The summed E-state index contributed by atoms with van der Waals surface area (Å²) in [5.74, 6) is 0.681. The molecular weight excluding hydrogens is 398 g/mol. The number of benzene rings is 1. The van der Waals surface area contributed by atoms with Crippen LogP contribution >= 0.6 is 0 Å². The lowest BCUT2D eigenvalue weighted by Gasteiger charge is -2.59. The molecule has 7 nitrogen and oxygen atoms in total. The smallest absolute Gasteiger partial charge is 0.294 e. The molecule has 0 saturated heterocycles. The van der Waals surface area contributed by atoms with Crippen LogP contribution in [0, 0.1) is 27.4 Å². The third kappa shape index (κ3) is 4.65. The molecule has 3 atom stereocenters. The number of rotatable bonds is 10. The van der Waals surface area contributed by atoms with Crippen molar-refractivity contribution in [2.75, 3.05) is 6.61 Å². The van der Waals surface area contributed by atoms with Gasteiger partial charge in [-0.1, -0.05) is 47.0 Å². The molecule has 3 saturated carbocycles. The van der Waals surface area contributed by atoms with Crippen molar-refractivity contribution in [1.82, 2.24) is 0 Å². The predicted molar refractivity (Wildman–Crippen MR) is 117 cm³/mol. The molecule has 1 aromatic rings. The van der Waals surface area contributed by atoms with Crippen molar-refractivity contribution < 1.29 is 24.9 Å². The van der Waals surface area contributed by atoms with E-state index in [4.69, 9.17) is 0 Å². The maximum Gasteiger partial charge on any atom is 0.294 e. The van der Waals surface area contributed by atoms with Crippen molar-refractivity contribution >= 4 is 5.78 Å². The number of unbranched alkanes of at least 4 members (excludes halogenated alkanes) is 3. The Kier molecular flexibility index (Phi) is 6.53. The van der Waals surface area contributed by atoms with Crippen LogP contribution in [-0.2, 0) is 15.0 Å². The maximum absolute atomic E-state index is 12.5. The minimum absolute atomic E-state index is 0.0818. The number of phenolic OH excluding ortho intramolecular Hbond substituents is 2. The summed E-state index contributed by atoms with van der Waals surface area (Å²) in [7, 11) is 0. The van der Waals surface area contributed by atoms with E-state index >= 15 is 0 Å². The zero-order chi connectivity index (χ0) is 23.0. The predicted octanol–water partition coefficient (Wildman–Crippen LogP) is 5.25. The third-order valence-corrected chi connectivity index (χ3v) is 7.82. The molecule has 31 heavy (non-hydrogen) atoms. The van der Waals surface area contributed by atoms with E-state index < -0.39 is 5.09 Å². The van der Waals surface area contributed by atoms with E-state index in [9.17, 15) is 25.1 Å². The molecule has 2 N–H and O–H groups in total. The van der Waals surface area contributed by atoms with Crippen LogP contribution in [-0.4, -0.2) is 27.7 Å². The van der Waals surface area contributed by atoms with Gasteiger partial charge >= 0.3 is 0 Å². The van der Waals surface area contributed by atoms with Gasteiger partial charge in [-0.2, -0.15) is 0 Å². The number of hydrogen-bond donors (Lipinski definition) is 2. The van der Waals surface area contributed by atoms with Gasteiger partial charge in [0.05, 0.1) is 6.61 Å². The molecule has 3 fully saturated rings. The van der Waals surface area contributed by atoms with E-state index in [2.05, 4.69) is 32.5 Å². The fourth-order valence-corrected chi connectivity index (χ4v) is 5.69. The molecule has 3 aliphatic rings. The van der Waals surface area contributed by atoms with Gasteiger partial charge in [-0.25, -0.2) is 0 Å². The average molecular weight is 434 g/mol. The molecule has 1 aromatic carbocycles. The molecular formula is C24H35NO6. The Morgan fingerprint density at radius 3 is 2.32 bits per heavy atom. The lowest BCUT2D eigenvalue weighted by Crippen LogP contribution is -2.56. The van der Waals surface area contributed by atoms with Crippen LogP contribution in [0.1, 0.15) is 89.7 Å². The molecule has 0 aromatic heterocycles. The Hall–Kier alpha value is -2.31. The van der Waals surface area contributed by atoms with Gasteiger partial charge in [0.25, 0.3) is 5.09 Å². The van der Waals surface area contributed by atoms with E-state index in [-0.39, 0.29) is 46.6 Å². The highest BCUT2D eigenvalue weighted by atomic mass is 16.9. The summed E-state index contributed by atoms with van der Waals surface area (Å²) in [5, 5.41) is 31.1. The van der Waals surface area contributed by atoms with Crippen molar-refractivity contribution in [1.29, 1.82) is 0 Å². The topological polar surface area (TPSA) is 110 Å². The number of nitrogens with zero attached hydrogens (tertiary/aromatic N) is 1. The fourth-order valence-electron chi connectivity index (χ4n) is 5.69. The maximum atomic E-state index is 12.5. The third-order valence-electron chi connectivity index (χ3n) is 7.82. The average Bonchev–Trinajstić information content (AvgIpc) is 2.65. The van der Waals surface area contributed by atoms with Gasteiger partial charge in [-0.05, 0) is 53.7 Å². The highest BCUT2D eigenvalue weighted by molar-refractivity contribution is 5.86. The van der Waals surface area contributed by atoms with Gasteiger partial charge < -0.3 is 15.1 Å². The summed E-state index contributed by atoms with van der Waals surface area (Å²) in [6.07, 6.45) is 5.47. The number of carbonyl (C=O) groups excluding carboxylic acids is 1. The molecule has 0 radical (unpaired) electrons. The van der Waals surface area contributed by atoms with E-state index in [1.54, 1.807) is 12.1 Å². The lowest BCUT2D eigenvalue weighted by atomic mass is 9.44. The first kappa shape index (κ1) is 23.4. The quantitative estimate of drug-likeness (QED) is 0.296. The first-order valence-electron chi connectivity index (χ1n) is 11.3. The summed E-state index contributed by atoms with van der Waals surface area (Å²) in [5.41, 5.74) is 1.07. The first-order valence-corrected chi connectivity index (χ1v) is 11.3. The molecule has 3 aliphatic carbocycles. The molecule has 172 valence electrons. The Morgan fingerprint density at radius 2 is 1.77 bits per heavy atom. The van der Waals surface area contributed by atoms with Crippen molar-refractivity contribution in [2.24, 2.45) is 17.3 Å². The standard InChI is InChI=1S/C24H35NO6/c1-23(2,9-7-5-6-8-10-31-25(29)30)15-11-20(27)22(21(28)12-15)16-13-19(26)18-14-17(16)24(18,3)4/h11-12,16-18,27-28H,5-10,13-14H2,1-4H3/t16-,17-,18+/m0/s1. The Labute approximate surface area is 183 Å². The van der Waals surface area contributed by atoms with Gasteiger partial charge in [0.1, 0.15) is 17.3 Å². The molecule has 2 bridgehead atoms. The van der Waals surface area contributed by atoms with Crippen LogP contribution in [0.4, 0.5) is 0 Å². The van der Waals surface area contributed by atoms with Gasteiger partial charge in [0.15, 0.2) is 0 Å². The lowest BCUT2D eigenvalue weighted by molar-refractivity contribution is -0.757. The number of carbonyl (C=O) groups is 1. The minimum Gasteiger partial charge on any atom is -0.508 e. The molecule has 0 unspecified atom stereocenters. The number of phenols is 2. The summed E-state index contributed by atoms with van der Waals surface area (Å²) in [6, 6.07) is 3.50. The monoisotopic (exact) mass is 433 g/mol. The highest BCUT2D eigenvalue weighted by Crippen LogP contribution is 2.64. The first-order chi connectivity index (χ1) is 14.4. The Bertz CT molecular complexity index is 823. The van der Waals surface area contributed by atoms with Gasteiger partial charge in [-0.3, -0.25) is 4.79 Å². The number of fused-ring (bicyclic) bond motifs is 2. The van der Waals surface area contributed by atoms with Gasteiger partial charge in [0, 0.05) is 23.8 Å². The second-order valence-electron chi connectivity index (χ2n) is 10.5. The largest absolute Gasteiger partial charge is 0.508 e. The second kappa shape index (κ2) is 8.67. The summed E-state index contributed by atoms with van der Waals surface area (Å²) >= 11 is 0. The SMILES string of the molecule is CC(C)(CCCCCCO[N+](=O)[O-])c1cc(O)c([C@H]2CC(=O)[C@H]3C[C@@H]2C3(C)C)c(O)c1. The van der Waals surface area contributed by atoms with Crippen molar-refractivity contribution in [3.63, 3.8) is 0 Å². The van der Waals surface area contributed by atoms with Crippen LogP contribution < -0.4 is 0 Å². The van der Waals surface area contributed by atoms with Crippen molar-refractivity contribution in [2.45, 2.75) is 84.0 Å². The van der Waals surface area contributed by atoms with E-state index in [0.717, 1.165) is 37.7 Å². The normalized spacial score (nSPS) is 24.5. The van der Waals surface area contributed by atoms with Gasteiger partial charge in [-0.15, -0.1) is 10.1 Å². The van der Waals surface area contributed by atoms with Crippen LogP contribution in [0.3, 0.4) is 0 Å². The Morgan fingerprint density at radius 1 is 1.16 bits per heavy atom. The zero-order valence-electron chi connectivity index (χ0n) is 19.0. The minimum atomic E-state index is -0.765. The van der Waals surface area contributed by atoms with Crippen molar-refractivity contribution in [3.05, 3.63) is 33.4 Å². The van der Waals surface area contributed by atoms with E-state index in [0.29, 0.717) is 24.3 Å². The van der Waals surface area contributed by atoms with Crippen LogP contribution in [0.15, 0.2) is 12.1 Å². The van der Waals surface area contributed by atoms with Crippen LogP contribution in [0.25, 0.3) is 0 Å². The highest BCUT2D eigenvalue weighted by Gasteiger charge is 2.59. The number of aromatic hydroxyl groups is 2. The Balaban J connectivity index is 1.64. The molecule has 4 rings (SSSR count). The number of Topliss-reactive ketones (excluding diaryl/α,β-unsaturated/α-hetero) is 1. The second-order valence-corrected chi connectivity index (χ2v) is 10.5. The molecule has 0 amide bonds. The van der Waals surface area contributed by atoms with Gasteiger partial charge in [0.2, 0.25) is 0 Å². The molecule has 0 spiro atoms. The van der Waals surface area contributed by atoms with E-state index in [1.807, 2.05) is 0 Å². The summed E-state index contributed by atoms with van der Waals surface area (Å²) < 4.78 is 0. The van der Waals surface area contributed by atoms with E-state index in [1.165, 1.54) is 0 Å².